The van der Waals surface area contributed by atoms with Gasteiger partial charge in [-0.2, -0.15) is 4.31 Å². The van der Waals surface area contributed by atoms with E-state index in [4.69, 9.17) is 4.74 Å². The largest absolute Gasteiger partial charge is 0.379 e. The molecule has 0 aliphatic carbocycles. The van der Waals surface area contributed by atoms with E-state index < -0.39 is 10.0 Å². The Bertz CT molecular complexity index is 1090. The number of nitrogens with one attached hydrogen (secondary N) is 1. The van der Waals surface area contributed by atoms with Crippen molar-refractivity contribution in [2.24, 2.45) is 0 Å². The molecule has 3 heterocycles. The van der Waals surface area contributed by atoms with Crippen LogP contribution in [0.3, 0.4) is 0 Å². The number of sulfonamides is 1. The van der Waals surface area contributed by atoms with Crippen LogP contribution in [0, 0.1) is 0 Å². The van der Waals surface area contributed by atoms with Crippen molar-refractivity contribution in [3.05, 3.63) is 66.1 Å². The number of carbonyl (C=O) groups excluding carboxylic acids is 1. The number of morpholine rings is 1. The lowest BCUT2D eigenvalue weighted by atomic mass is 10.2. The predicted molar refractivity (Wildman–Crippen MR) is 116 cm³/mol. The van der Waals surface area contributed by atoms with Crippen molar-refractivity contribution in [2.45, 2.75) is 25.3 Å². The molecule has 3 aromatic rings. The molecule has 1 aromatic carbocycles. The highest BCUT2D eigenvalue weighted by molar-refractivity contribution is 7.89. The molecule has 1 fully saturated rings. The van der Waals surface area contributed by atoms with E-state index in [0.717, 1.165) is 11.2 Å². The third-order valence-corrected chi connectivity index (χ3v) is 6.55. The molecule has 0 radical (unpaired) electrons. The molecule has 0 saturated carbocycles. The van der Waals surface area contributed by atoms with E-state index in [2.05, 4.69) is 10.3 Å². The first-order valence-corrected chi connectivity index (χ1v) is 11.4. The zero-order valence-corrected chi connectivity index (χ0v) is 17.9. The zero-order valence-electron chi connectivity index (χ0n) is 17.1. The number of benzene rings is 1. The Balaban J connectivity index is 0.00000111. The van der Waals surface area contributed by atoms with Crippen LogP contribution in [0.5, 0.6) is 0 Å². The van der Waals surface area contributed by atoms with Crippen LogP contribution < -0.4 is 5.32 Å². The molecular formula is C21H28N4O4S. The zero-order chi connectivity index (χ0) is 21.6. The van der Waals surface area contributed by atoms with Crippen molar-refractivity contribution in [3.63, 3.8) is 0 Å². The Morgan fingerprint density at radius 1 is 1.13 bits per heavy atom. The van der Waals surface area contributed by atoms with Crippen LogP contribution in [-0.4, -0.2) is 54.3 Å². The van der Waals surface area contributed by atoms with Crippen LogP contribution in [0.25, 0.3) is 5.65 Å². The van der Waals surface area contributed by atoms with Gasteiger partial charge in [-0.05, 0) is 29.8 Å². The van der Waals surface area contributed by atoms with Gasteiger partial charge in [-0.3, -0.25) is 4.79 Å². The minimum atomic E-state index is -3.51. The van der Waals surface area contributed by atoms with E-state index in [1.807, 2.05) is 13.8 Å². The van der Waals surface area contributed by atoms with E-state index in [9.17, 15) is 13.2 Å². The molecule has 1 aliphatic rings. The number of pyridine rings is 1. The molecule has 9 heteroatoms. The summed E-state index contributed by atoms with van der Waals surface area (Å²) >= 11 is 0. The van der Waals surface area contributed by atoms with Gasteiger partial charge < -0.3 is 14.5 Å². The Morgan fingerprint density at radius 3 is 2.53 bits per heavy atom. The second-order valence-electron chi connectivity index (χ2n) is 6.45. The fraction of sp³-hybridized carbons (Fsp3) is 0.333. The average Bonchev–Trinajstić information content (AvgIpc) is 3.27. The third kappa shape index (κ3) is 4.86. The summed E-state index contributed by atoms with van der Waals surface area (Å²) in [6, 6.07) is 10.1. The van der Waals surface area contributed by atoms with Gasteiger partial charge in [0.05, 0.1) is 23.7 Å². The van der Waals surface area contributed by atoms with Crippen LogP contribution in [0.1, 0.15) is 31.2 Å². The summed E-state index contributed by atoms with van der Waals surface area (Å²) in [5.41, 5.74) is 2.11. The lowest BCUT2D eigenvalue weighted by Crippen LogP contribution is -2.40. The molecule has 1 N–H and O–H groups in total. The maximum absolute atomic E-state index is 12.6. The first kappa shape index (κ1) is 21.9. The van der Waals surface area contributed by atoms with Crippen molar-refractivity contribution in [1.82, 2.24) is 19.0 Å². The summed E-state index contributed by atoms with van der Waals surface area (Å²) < 4.78 is 33.7. The van der Waals surface area contributed by atoms with Crippen LogP contribution in [-0.2, 0) is 21.3 Å². The summed E-state index contributed by atoms with van der Waals surface area (Å²) in [4.78, 5) is 16.7. The Labute approximate surface area is 178 Å². The van der Waals surface area contributed by atoms with E-state index >= 15 is 0 Å². The summed E-state index contributed by atoms with van der Waals surface area (Å²) in [7, 11) is -3.51. The Kier molecular flexibility index (Phi) is 7.20. The topological polar surface area (TPSA) is 93.0 Å². The highest BCUT2D eigenvalue weighted by Gasteiger charge is 2.26. The van der Waals surface area contributed by atoms with Crippen LogP contribution in [0.15, 0.2) is 59.9 Å². The lowest BCUT2D eigenvalue weighted by Gasteiger charge is -2.26. The standard InChI is InChI=1S/C19H20N4O4S.C2H6.H2/c24-19(16-3-6-18-20-7-8-22(18)14-16)21-13-15-1-4-17(5-2-15)28(25,26)23-9-11-27-12-10-23;1-2;/h1-8,14H,9-13H2,(H,21,24);1-2H3;1H. The molecule has 30 heavy (non-hydrogen) atoms. The van der Waals surface area contributed by atoms with Crippen molar-refractivity contribution in [3.8, 4) is 0 Å². The second kappa shape index (κ2) is 9.84. The van der Waals surface area contributed by atoms with Crippen LogP contribution in [0.4, 0.5) is 0 Å². The van der Waals surface area contributed by atoms with Gasteiger partial charge in [0, 0.05) is 39.7 Å². The number of aromatic nitrogens is 2. The van der Waals surface area contributed by atoms with E-state index in [0.29, 0.717) is 38.4 Å². The fourth-order valence-electron chi connectivity index (χ4n) is 3.05. The third-order valence-electron chi connectivity index (χ3n) is 4.64. The molecule has 162 valence electrons. The van der Waals surface area contributed by atoms with E-state index in [1.165, 1.54) is 4.31 Å². The van der Waals surface area contributed by atoms with Gasteiger partial charge in [0.2, 0.25) is 10.0 Å². The summed E-state index contributed by atoms with van der Waals surface area (Å²) in [6.07, 6.45) is 5.17. The molecule has 1 saturated heterocycles. The molecule has 8 nitrogen and oxygen atoms in total. The van der Waals surface area contributed by atoms with Gasteiger partial charge in [0.25, 0.3) is 5.91 Å². The smallest absolute Gasteiger partial charge is 0.253 e. The summed E-state index contributed by atoms with van der Waals surface area (Å²) in [6.45, 7) is 5.85. The Hall–Kier alpha value is -2.75. The van der Waals surface area contributed by atoms with Crippen LogP contribution in [0.2, 0.25) is 0 Å². The number of hydrogen-bond donors (Lipinski definition) is 1. The number of carbonyl (C=O) groups is 1. The van der Waals surface area contributed by atoms with Crippen LogP contribution >= 0.6 is 0 Å². The molecular weight excluding hydrogens is 404 g/mol. The molecule has 0 unspecified atom stereocenters. The van der Waals surface area contributed by atoms with Gasteiger partial charge >= 0.3 is 0 Å². The number of imidazole rings is 1. The van der Waals surface area contributed by atoms with Crippen molar-refractivity contribution in [2.75, 3.05) is 26.3 Å². The van der Waals surface area contributed by atoms with Gasteiger partial charge in [-0.1, -0.05) is 26.0 Å². The maximum atomic E-state index is 12.6. The number of rotatable bonds is 5. The number of nitrogens with zero attached hydrogens (tertiary/aromatic N) is 3. The molecule has 1 aliphatic heterocycles. The number of fused-ring (bicyclic) bond motifs is 1. The van der Waals surface area contributed by atoms with Crippen molar-refractivity contribution < 1.29 is 19.4 Å². The maximum Gasteiger partial charge on any atom is 0.253 e. The first-order valence-electron chi connectivity index (χ1n) is 9.92. The monoisotopic (exact) mass is 432 g/mol. The Morgan fingerprint density at radius 2 is 1.83 bits per heavy atom. The predicted octanol–water partition coefficient (Wildman–Crippen LogP) is 2.56. The molecule has 0 spiro atoms. The molecule has 0 atom stereocenters. The van der Waals surface area contributed by atoms with E-state index in [1.54, 1.807) is 59.4 Å². The van der Waals surface area contributed by atoms with Crippen molar-refractivity contribution in [1.29, 1.82) is 0 Å². The second-order valence-corrected chi connectivity index (χ2v) is 8.39. The fourth-order valence-corrected chi connectivity index (χ4v) is 4.46. The molecule has 2 aromatic heterocycles. The minimum Gasteiger partial charge on any atom is -0.379 e. The van der Waals surface area contributed by atoms with Crippen molar-refractivity contribution >= 4 is 21.6 Å². The normalized spacial score (nSPS) is 14.7. The number of ether oxygens (including phenoxy) is 1. The summed E-state index contributed by atoms with van der Waals surface area (Å²) in [5.74, 6) is -0.208. The van der Waals surface area contributed by atoms with E-state index in [-0.39, 0.29) is 12.2 Å². The highest BCUT2D eigenvalue weighted by Crippen LogP contribution is 2.17. The molecule has 1 amide bonds. The summed E-state index contributed by atoms with van der Waals surface area (Å²) in [5, 5.41) is 2.84. The lowest BCUT2D eigenvalue weighted by molar-refractivity contribution is 0.0730. The quantitative estimate of drug-likeness (QED) is 0.669. The number of amides is 1. The van der Waals surface area contributed by atoms with Gasteiger partial charge in [-0.15, -0.1) is 0 Å². The highest BCUT2D eigenvalue weighted by atomic mass is 32.2. The minimum absolute atomic E-state index is 0. The average molecular weight is 433 g/mol. The van der Waals surface area contributed by atoms with Gasteiger partial charge in [0.1, 0.15) is 5.65 Å². The van der Waals surface area contributed by atoms with Gasteiger partial charge in [-0.25, -0.2) is 13.4 Å². The first-order chi connectivity index (χ1) is 14.5. The molecule has 4 rings (SSSR count). The van der Waals surface area contributed by atoms with Gasteiger partial charge in [0.15, 0.2) is 0 Å². The SMILES string of the molecule is CC.O=C(NCc1ccc(S(=O)(=O)N2CCOCC2)cc1)c1ccc2nccn2c1.[HH]. The molecule has 0 bridgehead atoms. The number of hydrogen-bond acceptors (Lipinski definition) is 5.